The van der Waals surface area contributed by atoms with Crippen LogP contribution in [0.1, 0.15) is 21.5 Å². The summed E-state index contributed by atoms with van der Waals surface area (Å²) in [6, 6.07) is 3.78. The molecule has 1 amide bonds. The number of aryl methyl sites for hydroxylation is 1. The highest BCUT2D eigenvalue weighted by Gasteiger charge is 2.14. The zero-order valence-electron chi connectivity index (χ0n) is 10.4. The lowest BCUT2D eigenvalue weighted by Gasteiger charge is -2.17. The number of rotatable bonds is 6. The van der Waals surface area contributed by atoms with Crippen molar-refractivity contribution in [3.63, 3.8) is 0 Å². The predicted octanol–water partition coefficient (Wildman–Crippen LogP) is 1.31. The minimum atomic E-state index is -0.0676. The Morgan fingerprint density at radius 2 is 2.06 bits per heavy atom. The van der Waals surface area contributed by atoms with Crippen LogP contribution < -0.4 is 5.32 Å². The zero-order chi connectivity index (χ0) is 12.8. The highest BCUT2D eigenvalue weighted by Crippen LogP contribution is 2.15. The molecule has 0 spiro atoms. The lowest BCUT2D eigenvalue weighted by Crippen LogP contribution is -2.38. The number of amides is 1. The Balaban J connectivity index is 2.56. The summed E-state index contributed by atoms with van der Waals surface area (Å²) in [5, 5.41) is 2.56. The monoisotopic (exact) mass is 254 g/mol. The summed E-state index contributed by atoms with van der Waals surface area (Å²) >= 11 is 1.50. The van der Waals surface area contributed by atoms with E-state index in [2.05, 4.69) is 5.32 Å². The van der Waals surface area contributed by atoms with Crippen LogP contribution in [0.15, 0.2) is 12.1 Å². The van der Waals surface area contributed by atoms with E-state index in [1.165, 1.54) is 11.3 Å². The van der Waals surface area contributed by atoms with E-state index in [0.717, 1.165) is 9.75 Å². The second-order valence-corrected chi connectivity index (χ2v) is 5.10. The van der Waals surface area contributed by atoms with E-state index in [1.54, 1.807) is 7.05 Å². The quantitative estimate of drug-likeness (QED) is 0.779. The van der Waals surface area contributed by atoms with Crippen molar-refractivity contribution in [3.8, 4) is 0 Å². The van der Waals surface area contributed by atoms with Gasteiger partial charge in [-0.05, 0) is 25.6 Å². The molecule has 0 bridgehead atoms. The second kappa shape index (κ2) is 6.51. The summed E-state index contributed by atoms with van der Waals surface area (Å²) in [7, 11) is 1.60. The van der Waals surface area contributed by atoms with Crippen molar-refractivity contribution in [3.05, 3.63) is 21.9 Å². The van der Waals surface area contributed by atoms with Gasteiger partial charge in [0, 0.05) is 11.9 Å². The first-order valence-corrected chi connectivity index (χ1v) is 6.41. The van der Waals surface area contributed by atoms with Crippen molar-refractivity contribution in [1.29, 1.82) is 0 Å². The molecule has 0 unspecified atom stereocenters. The molecule has 1 aromatic rings. The van der Waals surface area contributed by atoms with Gasteiger partial charge in [0.1, 0.15) is 0 Å². The summed E-state index contributed by atoms with van der Waals surface area (Å²) in [6.07, 6.45) is 0. The number of hydrogen-bond donors (Lipinski definition) is 1. The third-order valence-corrected chi connectivity index (χ3v) is 3.52. The fourth-order valence-corrected chi connectivity index (χ4v) is 2.22. The van der Waals surface area contributed by atoms with Gasteiger partial charge in [-0.2, -0.15) is 0 Å². The van der Waals surface area contributed by atoms with Gasteiger partial charge >= 0.3 is 0 Å². The number of nitrogens with zero attached hydrogens (tertiary/aromatic N) is 1. The van der Waals surface area contributed by atoms with Crippen LogP contribution in [0.4, 0.5) is 0 Å². The van der Waals surface area contributed by atoms with E-state index in [-0.39, 0.29) is 18.2 Å². The molecule has 0 atom stereocenters. The molecule has 1 N–H and O–H groups in total. The molecule has 0 fully saturated rings. The largest absolute Gasteiger partial charge is 0.358 e. The maximum absolute atomic E-state index is 11.9. The zero-order valence-corrected chi connectivity index (χ0v) is 11.3. The second-order valence-electron chi connectivity index (χ2n) is 3.81. The first-order chi connectivity index (χ1) is 8.06. The van der Waals surface area contributed by atoms with Crippen LogP contribution in [0, 0.1) is 6.92 Å². The molecule has 4 nitrogen and oxygen atoms in total. The van der Waals surface area contributed by atoms with Crippen LogP contribution in [0.5, 0.6) is 0 Å². The maximum Gasteiger partial charge on any atom is 0.233 e. The number of hydrogen-bond acceptors (Lipinski definition) is 4. The van der Waals surface area contributed by atoms with Crippen LogP contribution in [-0.4, -0.2) is 43.3 Å². The number of carbonyl (C=O) groups is 2. The normalized spacial score (nSPS) is 10.6. The molecule has 0 aliphatic rings. The number of nitrogens with one attached hydrogen (secondary N) is 1. The highest BCUT2D eigenvalue weighted by atomic mass is 32.1. The Morgan fingerprint density at radius 1 is 1.35 bits per heavy atom. The number of ketones is 1. The Bertz CT molecular complexity index is 401. The number of thiophene rings is 1. The molecule has 0 aliphatic carbocycles. The van der Waals surface area contributed by atoms with Crippen molar-refractivity contribution >= 4 is 23.0 Å². The third-order valence-electron chi connectivity index (χ3n) is 2.48. The lowest BCUT2D eigenvalue weighted by atomic mass is 10.3. The molecular formula is C12H18N2O2S. The van der Waals surface area contributed by atoms with Crippen LogP contribution in [-0.2, 0) is 4.79 Å². The van der Waals surface area contributed by atoms with E-state index in [1.807, 2.05) is 30.9 Å². The summed E-state index contributed by atoms with van der Waals surface area (Å²) in [6.45, 7) is 5.16. The molecule has 1 heterocycles. The van der Waals surface area contributed by atoms with Gasteiger partial charge in [-0.1, -0.05) is 6.92 Å². The van der Waals surface area contributed by atoms with Crippen LogP contribution in [0.2, 0.25) is 0 Å². The summed E-state index contributed by atoms with van der Waals surface area (Å²) in [5.74, 6) is 0.0101. The minimum Gasteiger partial charge on any atom is -0.358 e. The maximum atomic E-state index is 11.9. The first kappa shape index (κ1) is 13.9. The molecule has 0 aromatic carbocycles. The van der Waals surface area contributed by atoms with Gasteiger partial charge in [-0.15, -0.1) is 11.3 Å². The number of likely N-dealkylation sites (N-methyl/N-ethyl adjacent to an activating group) is 2. The van der Waals surface area contributed by atoms with Gasteiger partial charge in [0.15, 0.2) is 5.78 Å². The Labute approximate surface area is 106 Å². The van der Waals surface area contributed by atoms with Crippen LogP contribution in [0.25, 0.3) is 0 Å². The number of Topliss-reactive ketones (excluding diaryl/α,β-unsaturated/α-hetero) is 1. The van der Waals surface area contributed by atoms with E-state index >= 15 is 0 Å². The lowest BCUT2D eigenvalue weighted by molar-refractivity contribution is -0.121. The molecule has 0 saturated heterocycles. The summed E-state index contributed by atoms with van der Waals surface area (Å²) in [5.41, 5.74) is 0. The number of carbonyl (C=O) groups excluding carboxylic acids is 2. The van der Waals surface area contributed by atoms with Gasteiger partial charge in [0.2, 0.25) is 5.91 Å². The van der Waals surface area contributed by atoms with Crippen LogP contribution in [0.3, 0.4) is 0 Å². The van der Waals surface area contributed by atoms with Crippen molar-refractivity contribution < 1.29 is 9.59 Å². The topological polar surface area (TPSA) is 49.4 Å². The third kappa shape index (κ3) is 4.28. The average molecular weight is 254 g/mol. The molecule has 0 aliphatic heterocycles. The van der Waals surface area contributed by atoms with Gasteiger partial charge in [0.25, 0.3) is 0 Å². The highest BCUT2D eigenvalue weighted by molar-refractivity contribution is 7.14. The fraction of sp³-hybridized carbons (Fsp3) is 0.500. The molecular weight excluding hydrogens is 236 g/mol. The molecule has 0 saturated carbocycles. The van der Waals surface area contributed by atoms with E-state index in [9.17, 15) is 9.59 Å². The van der Waals surface area contributed by atoms with Gasteiger partial charge in [-0.25, -0.2) is 0 Å². The molecule has 5 heteroatoms. The van der Waals surface area contributed by atoms with Crippen molar-refractivity contribution in [2.75, 3.05) is 26.7 Å². The Kier molecular flexibility index (Phi) is 5.31. The molecule has 0 radical (unpaired) electrons. The van der Waals surface area contributed by atoms with Gasteiger partial charge in [-0.3, -0.25) is 14.5 Å². The summed E-state index contributed by atoms with van der Waals surface area (Å²) in [4.78, 5) is 26.9. The van der Waals surface area contributed by atoms with E-state index in [4.69, 9.17) is 0 Å². The van der Waals surface area contributed by atoms with E-state index in [0.29, 0.717) is 13.1 Å². The summed E-state index contributed by atoms with van der Waals surface area (Å²) < 4.78 is 0. The van der Waals surface area contributed by atoms with E-state index < -0.39 is 0 Å². The molecule has 17 heavy (non-hydrogen) atoms. The predicted molar refractivity (Wildman–Crippen MR) is 69.6 cm³/mol. The molecule has 94 valence electrons. The molecule has 1 aromatic heterocycles. The standard InChI is InChI=1S/C12H18N2O2S/c1-4-14(8-12(16)13-3)7-10(15)11-6-5-9(2)17-11/h5-6H,4,7-8H2,1-3H3,(H,13,16). The Morgan fingerprint density at radius 3 is 2.53 bits per heavy atom. The van der Waals surface area contributed by atoms with Crippen molar-refractivity contribution in [2.45, 2.75) is 13.8 Å². The minimum absolute atomic E-state index is 0.0676. The first-order valence-electron chi connectivity index (χ1n) is 5.59. The van der Waals surface area contributed by atoms with Crippen molar-refractivity contribution in [1.82, 2.24) is 10.2 Å². The Hall–Kier alpha value is -1.20. The fourth-order valence-electron chi connectivity index (χ4n) is 1.43. The molecule has 1 rings (SSSR count). The van der Waals surface area contributed by atoms with Crippen molar-refractivity contribution in [2.24, 2.45) is 0 Å². The smallest absolute Gasteiger partial charge is 0.233 e. The van der Waals surface area contributed by atoms with Crippen LogP contribution >= 0.6 is 11.3 Å². The SMILES string of the molecule is CCN(CC(=O)NC)CC(=O)c1ccc(C)s1. The van der Waals surface area contributed by atoms with Gasteiger partial charge < -0.3 is 5.32 Å². The average Bonchev–Trinajstić information content (AvgIpc) is 2.74. The van der Waals surface area contributed by atoms with Gasteiger partial charge in [0.05, 0.1) is 18.0 Å².